The average Bonchev–Trinajstić information content (AvgIpc) is 3.23. The molecule has 1 N–H and O–H groups in total. The van der Waals surface area contributed by atoms with Crippen molar-refractivity contribution in [3.05, 3.63) is 40.7 Å². The number of Topliss-reactive ketones (excluding diaryl/α,β-unsaturated/α-hetero) is 1. The number of ketones is 1. The van der Waals surface area contributed by atoms with Crippen LogP contribution in [0.15, 0.2) is 35.0 Å². The van der Waals surface area contributed by atoms with Gasteiger partial charge in [-0.2, -0.15) is 0 Å². The third kappa shape index (κ3) is 1.78. The minimum Gasteiger partial charge on any atom is -0.349 e. The lowest BCUT2D eigenvalue weighted by Crippen LogP contribution is -2.20. The van der Waals surface area contributed by atoms with Gasteiger partial charge in [-0.3, -0.25) is 9.59 Å². The Balaban J connectivity index is 2.05. The molecule has 1 amide bonds. The Morgan fingerprint density at radius 2 is 1.67 bits per heavy atom. The van der Waals surface area contributed by atoms with Gasteiger partial charge >= 0.3 is 5.91 Å². The number of anilines is 1. The molecule has 0 unspecified atom stereocenters. The predicted octanol–water partition coefficient (Wildman–Crippen LogP) is 4.31. The Morgan fingerprint density at radius 1 is 1.00 bits per heavy atom. The van der Waals surface area contributed by atoms with Crippen molar-refractivity contribution < 1.29 is 9.59 Å². The molecule has 0 fully saturated rings. The van der Waals surface area contributed by atoms with E-state index in [4.69, 9.17) is 0 Å². The topological polar surface area (TPSA) is 53.2 Å². The van der Waals surface area contributed by atoms with Crippen LogP contribution in [0.2, 0.25) is 0 Å². The van der Waals surface area contributed by atoms with E-state index in [9.17, 15) is 9.59 Å². The smallest absolute Gasteiger partial charge is 0.311 e. The molecule has 0 saturated carbocycles. The molecule has 4 rings (SSSR count). The summed E-state index contributed by atoms with van der Waals surface area (Å²) >= 11 is 6.37. The molecule has 0 bridgehead atoms. The number of aromatic amines is 1. The summed E-state index contributed by atoms with van der Waals surface area (Å²) in [5, 5.41) is 3.96. The molecule has 0 aliphatic carbocycles. The summed E-state index contributed by atoms with van der Waals surface area (Å²) in [5.41, 5.74) is 2.72. The van der Waals surface area contributed by atoms with E-state index in [2.05, 4.69) is 21.1 Å². The molecule has 0 atom stereocenters. The van der Waals surface area contributed by atoms with Crippen molar-refractivity contribution in [1.29, 1.82) is 0 Å². The average molecular weight is 379 g/mol. The molecule has 4 nitrogen and oxygen atoms in total. The lowest BCUT2D eigenvalue weighted by atomic mass is 10.1. The van der Waals surface area contributed by atoms with Gasteiger partial charge in [0.1, 0.15) is 5.69 Å². The second kappa shape index (κ2) is 4.66. The van der Waals surface area contributed by atoms with Crippen LogP contribution >= 0.6 is 38.8 Å². The lowest BCUT2D eigenvalue weighted by molar-refractivity contribution is -0.113. The maximum atomic E-state index is 12.1. The van der Waals surface area contributed by atoms with Crippen molar-refractivity contribution in [1.82, 2.24) is 4.98 Å². The molecule has 1 aliphatic heterocycles. The van der Waals surface area contributed by atoms with E-state index in [0.29, 0.717) is 11.4 Å². The number of nitrogens with one attached hydrogen (secondary N) is 1. The van der Waals surface area contributed by atoms with E-state index in [1.54, 1.807) is 22.7 Å². The zero-order valence-electron chi connectivity index (χ0n) is 10.4. The number of carbonyl (C=O) groups excluding carboxylic acids is 2. The highest BCUT2D eigenvalue weighted by Gasteiger charge is 2.41. The maximum Gasteiger partial charge on any atom is 0.311 e. The van der Waals surface area contributed by atoms with Crippen LogP contribution in [0.3, 0.4) is 0 Å². The van der Waals surface area contributed by atoms with Gasteiger partial charge in [0, 0.05) is 10.4 Å². The highest BCUT2D eigenvalue weighted by molar-refractivity contribution is 9.10. The van der Waals surface area contributed by atoms with Gasteiger partial charge in [-0.15, -0.1) is 22.7 Å². The fraction of sp³-hybridized carbons (Fsp3) is 0. The van der Waals surface area contributed by atoms with Crippen LogP contribution in [0.4, 0.5) is 5.69 Å². The molecule has 0 saturated heterocycles. The molecular weight excluding hydrogens is 372 g/mol. The second-order valence-corrected chi connectivity index (χ2v) is 7.07. The van der Waals surface area contributed by atoms with Crippen LogP contribution in [0, 0.1) is 0 Å². The number of hydrogen-bond donors (Lipinski definition) is 1. The number of thiophene rings is 2. The Bertz CT molecular complexity index is 850. The number of hydrogen-bond acceptors (Lipinski definition) is 4. The highest BCUT2D eigenvalue weighted by atomic mass is 79.9. The minimum absolute atomic E-state index is 0.351. The van der Waals surface area contributed by atoms with Crippen molar-refractivity contribution in [2.75, 3.05) is 3.93 Å². The van der Waals surface area contributed by atoms with Crippen LogP contribution in [0.5, 0.6) is 0 Å². The number of rotatable bonds is 2. The summed E-state index contributed by atoms with van der Waals surface area (Å²) in [5.74, 6) is -1.07. The molecule has 0 spiro atoms. The summed E-state index contributed by atoms with van der Waals surface area (Å²) in [6, 6.07) is 7.89. The maximum absolute atomic E-state index is 12.1. The van der Waals surface area contributed by atoms with Gasteiger partial charge in [0.05, 0.1) is 32.4 Å². The van der Waals surface area contributed by atoms with Gasteiger partial charge in [-0.25, -0.2) is 3.93 Å². The van der Waals surface area contributed by atoms with E-state index in [1.807, 2.05) is 35.0 Å². The molecule has 1 aliphatic rings. The molecule has 4 heterocycles. The monoisotopic (exact) mass is 378 g/mol. The number of H-pyrrole nitrogens is 1. The van der Waals surface area contributed by atoms with E-state index >= 15 is 0 Å². The van der Waals surface area contributed by atoms with Crippen LogP contribution in [0.1, 0.15) is 10.5 Å². The van der Waals surface area contributed by atoms with Crippen LogP contribution in [0.25, 0.3) is 21.0 Å². The Labute approximate surface area is 136 Å². The van der Waals surface area contributed by atoms with Crippen molar-refractivity contribution in [3.63, 3.8) is 0 Å². The predicted molar refractivity (Wildman–Crippen MR) is 88.2 cm³/mol. The van der Waals surface area contributed by atoms with Crippen LogP contribution < -0.4 is 3.93 Å². The van der Waals surface area contributed by atoms with E-state index in [0.717, 1.165) is 21.0 Å². The number of fused-ring (bicyclic) bond motifs is 1. The standard InChI is InChI=1S/C14H7BrN2O2S2/c15-17-12-9(7-3-1-5-20-7)10(8-4-2-6-21-8)16-11(12)13(18)14(17)19/h1-6,16H. The van der Waals surface area contributed by atoms with Gasteiger partial charge in [0.25, 0.3) is 5.78 Å². The van der Waals surface area contributed by atoms with Gasteiger partial charge in [-0.1, -0.05) is 12.1 Å². The van der Waals surface area contributed by atoms with Crippen molar-refractivity contribution >= 4 is 56.2 Å². The molecular formula is C14H7BrN2O2S2. The third-order valence-electron chi connectivity index (χ3n) is 3.30. The van der Waals surface area contributed by atoms with Crippen molar-refractivity contribution in [2.24, 2.45) is 0 Å². The number of nitrogens with zero attached hydrogens (tertiary/aromatic N) is 1. The highest BCUT2D eigenvalue weighted by Crippen LogP contribution is 2.48. The number of halogens is 1. The third-order valence-corrected chi connectivity index (χ3v) is 5.76. The first-order valence-corrected chi connectivity index (χ1v) is 8.53. The Hall–Kier alpha value is -1.70. The molecule has 21 heavy (non-hydrogen) atoms. The quantitative estimate of drug-likeness (QED) is 0.533. The van der Waals surface area contributed by atoms with Gasteiger partial charge in [-0.05, 0) is 22.9 Å². The van der Waals surface area contributed by atoms with Crippen LogP contribution in [-0.4, -0.2) is 16.7 Å². The van der Waals surface area contributed by atoms with E-state index in [-0.39, 0.29) is 0 Å². The summed E-state index contributed by atoms with van der Waals surface area (Å²) < 4.78 is 1.26. The molecule has 3 aromatic rings. The summed E-state index contributed by atoms with van der Waals surface area (Å²) in [4.78, 5) is 29.1. The van der Waals surface area contributed by atoms with Gasteiger partial charge < -0.3 is 4.98 Å². The molecule has 0 aromatic carbocycles. The van der Waals surface area contributed by atoms with Gasteiger partial charge in [0.2, 0.25) is 0 Å². The van der Waals surface area contributed by atoms with Crippen molar-refractivity contribution in [2.45, 2.75) is 0 Å². The van der Waals surface area contributed by atoms with E-state index < -0.39 is 11.7 Å². The summed E-state index contributed by atoms with van der Waals surface area (Å²) in [6.45, 7) is 0. The first kappa shape index (κ1) is 13.0. The minimum atomic E-state index is -0.563. The zero-order chi connectivity index (χ0) is 14.6. The van der Waals surface area contributed by atoms with Crippen molar-refractivity contribution in [3.8, 4) is 21.0 Å². The molecule has 104 valence electrons. The fourth-order valence-electron chi connectivity index (χ4n) is 2.41. The van der Waals surface area contributed by atoms with Crippen LogP contribution in [-0.2, 0) is 4.79 Å². The summed E-state index contributed by atoms with van der Waals surface area (Å²) in [7, 11) is 0. The van der Waals surface area contributed by atoms with E-state index in [1.165, 1.54) is 3.93 Å². The Morgan fingerprint density at radius 3 is 2.29 bits per heavy atom. The van der Waals surface area contributed by atoms with Gasteiger partial charge in [0.15, 0.2) is 0 Å². The number of amides is 1. The lowest BCUT2D eigenvalue weighted by Gasteiger charge is -2.09. The summed E-state index contributed by atoms with van der Waals surface area (Å²) in [6.07, 6.45) is 0. The number of carbonyl (C=O) groups is 2. The molecule has 0 radical (unpaired) electrons. The fourth-order valence-corrected chi connectivity index (χ4v) is 4.44. The number of aromatic nitrogens is 1. The molecule has 3 aromatic heterocycles. The normalized spacial score (nSPS) is 14.0. The second-order valence-electron chi connectivity index (χ2n) is 4.47. The SMILES string of the molecule is O=C1C(=O)N(Br)c2c1[nH]c(-c1cccs1)c2-c1cccs1. The first-order valence-electron chi connectivity index (χ1n) is 6.06. The Kier molecular flexibility index (Phi) is 2.88. The zero-order valence-corrected chi connectivity index (χ0v) is 13.6. The molecule has 7 heteroatoms. The largest absolute Gasteiger partial charge is 0.349 e. The first-order chi connectivity index (χ1) is 10.2.